The summed E-state index contributed by atoms with van der Waals surface area (Å²) >= 11 is 0. The van der Waals surface area contributed by atoms with Gasteiger partial charge in [0.05, 0.1) is 45.1 Å². The van der Waals surface area contributed by atoms with Crippen molar-refractivity contribution in [1.82, 2.24) is 0 Å². The fraction of sp³-hybridized carbons (Fsp3) is 0.960. The molecule has 7 nitrogen and oxygen atoms in total. The minimum atomic E-state index is -1.40. The second-order valence-electron chi connectivity index (χ2n) is 11.8. The Labute approximate surface area is 193 Å². The van der Waals surface area contributed by atoms with Gasteiger partial charge in [0.25, 0.3) is 0 Å². The smallest absolute Gasteiger partial charge is 0.204 e. The van der Waals surface area contributed by atoms with Crippen molar-refractivity contribution in [3.63, 3.8) is 0 Å². The first kappa shape index (κ1) is 21.6. The molecule has 0 aromatic carbocycles. The van der Waals surface area contributed by atoms with Crippen molar-refractivity contribution in [3.05, 3.63) is 0 Å². The van der Waals surface area contributed by atoms with Crippen molar-refractivity contribution in [2.24, 2.45) is 34.5 Å². The Balaban J connectivity index is 1.35. The third-order valence-corrected chi connectivity index (χ3v) is 10.8. The van der Waals surface area contributed by atoms with Crippen LogP contribution in [-0.2, 0) is 33.2 Å². The van der Waals surface area contributed by atoms with Crippen molar-refractivity contribution in [2.75, 3.05) is 39.6 Å². The monoisotopic (exact) mass is 466 g/mol. The molecule has 3 saturated heterocycles. The first-order valence-electron chi connectivity index (χ1n) is 12.8. The zero-order valence-corrected chi connectivity index (χ0v) is 19.6. The number of hydrogen-bond acceptors (Lipinski definition) is 7. The van der Waals surface area contributed by atoms with Gasteiger partial charge >= 0.3 is 0 Å². The predicted molar refractivity (Wildman–Crippen MR) is 112 cm³/mol. The second-order valence-corrected chi connectivity index (χ2v) is 11.8. The first-order valence-corrected chi connectivity index (χ1v) is 12.8. The molecule has 0 bridgehead atoms. The van der Waals surface area contributed by atoms with Crippen molar-refractivity contribution in [3.8, 4) is 0 Å². The van der Waals surface area contributed by atoms with E-state index in [0.29, 0.717) is 65.3 Å². The van der Waals surface area contributed by atoms with Crippen molar-refractivity contribution < 1.29 is 37.6 Å². The summed E-state index contributed by atoms with van der Waals surface area (Å²) in [5.41, 5.74) is -1.37. The summed E-state index contributed by atoms with van der Waals surface area (Å²) in [6.07, 6.45) is 2.43. The zero-order valence-electron chi connectivity index (χ0n) is 19.6. The molecule has 3 heterocycles. The Bertz CT molecular complexity index is 846. The Morgan fingerprint density at radius 1 is 0.848 bits per heavy atom. The van der Waals surface area contributed by atoms with Crippen LogP contribution in [0.5, 0.6) is 0 Å². The molecule has 4 saturated carbocycles. The lowest BCUT2D eigenvalue weighted by atomic mass is 9.42. The molecule has 184 valence electrons. The maximum atomic E-state index is 17.1. The molecular formula is C25H35FO7. The maximum absolute atomic E-state index is 17.1. The summed E-state index contributed by atoms with van der Waals surface area (Å²) in [4.78, 5) is 13.8. The van der Waals surface area contributed by atoms with Crippen LogP contribution in [0.4, 0.5) is 4.39 Å². The number of carbonyl (C=O) groups is 1. The largest absolute Gasteiger partial charge is 0.348 e. The molecule has 33 heavy (non-hydrogen) atoms. The topological polar surface area (TPSA) is 72.5 Å². The molecule has 8 heteroatoms. The molecule has 7 aliphatic rings. The van der Waals surface area contributed by atoms with E-state index in [2.05, 4.69) is 6.92 Å². The van der Waals surface area contributed by atoms with Gasteiger partial charge in [-0.05, 0) is 30.1 Å². The molecule has 4 aliphatic carbocycles. The van der Waals surface area contributed by atoms with E-state index in [1.807, 2.05) is 6.92 Å². The number of carbonyl (C=O) groups excluding carboxylic acids is 1. The highest BCUT2D eigenvalue weighted by molar-refractivity contribution is 5.83. The van der Waals surface area contributed by atoms with Gasteiger partial charge in [0, 0.05) is 37.5 Å². The van der Waals surface area contributed by atoms with E-state index in [9.17, 15) is 4.79 Å². The summed E-state index contributed by atoms with van der Waals surface area (Å²) in [6.45, 7) is 6.93. The molecule has 0 radical (unpaired) electrons. The Morgan fingerprint density at radius 3 is 2.18 bits per heavy atom. The van der Waals surface area contributed by atoms with Gasteiger partial charge in [0.1, 0.15) is 5.78 Å². The van der Waals surface area contributed by atoms with E-state index < -0.39 is 34.4 Å². The number of Topliss-reactive ketones (excluding diaryl/α,β-unsaturated/α-hetero) is 1. The highest BCUT2D eigenvalue weighted by atomic mass is 19.1. The number of alkyl halides is 1. The van der Waals surface area contributed by atoms with E-state index in [-0.39, 0.29) is 29.5 Å². The average Bonchev–Trinajstić information content (AvgIpc) is 3.59. The summed E-state index contributed by atoms with van der Waals surface area (Å²) in [7, 11) is 0. The third kappa shape index (κ3) is 2.44. The van der Waals surface area contributed by atoms with Gasteiger partial charge in [0.15, 0.2) is 17.7 Å². The van der Waals surface area contributed by atoms with Gasteiger partial charge in [-0.2, -0.15) is 0 Å². The maximum Gasteiger partial charge on any atom is 0.204 e. The van der Waals surface area contributed by atoms with Crippen LogP contribution in [0.3, 0.4) is 0 Å². The van der Waals surface area contributed by atoms with E-state index in [1.165, 1.54) is 0 Å². The van der Waals surface area contributed by atoms with Gasteiger partial charge < -0.3 is 28.4 Å². The van der Waals surface area contributed by atoms with E-state index in [1.54, 1.807) is 0 Å². The summed E-state index contributed by atoms with van der Waals surface area (Å²) < 4.78 is 54.1. The fourth-order valence-corrected chi connectivity index (χ4v) is 9.50. The van der Waals surface area contributed by atoms with E-state index in [0.717, 1.165) is 12.8 Å². The molecule has 7 rings (SSSR count). The minimum Gasteiger partial charge on any atom is -0.348 e. The lowest BCUT2D eigenvalue weighted by Crippen LogP contribution is -2.74. The van der Waals surface area contributed by atoms with E-state index >= 15 is 4.39 Å². The van der Waals surface area contributed by atoms with E-state index in [4.69, 9.17) is 28.4 Å². The Kier molecular flexibility index (Phi) is 4.43. The van der Waals surface area contributed by atoms with Gasteiger partial charge in [-0.25, -0.2) is 4.39 Å². The van der Waals surface area contributed by atoms with Crippen LogP contribution >= 0.6 is 0 Å². The first-order chi connectivity index (χ1) is 15.8. The number of fused-ring (bicyclic) bond motifs is 7. The lowest BCUT2D eigenvalue weighted by Gasteiger charge is -2.66. The summed E-state index contributed by atoms with van der Waals surface area (Å²) in [6, 6.07) is 0. The molecule has 7 fully saturated rings. The molecule has 0 N–H and O–H groups in total. The van der Waals surface area contributed by atoms with Crippen LogP contribution in [0.2, 0.25) is 0 Å². The van der Waals surface area contributed by atoms with Crippen LogP contribution < -0.4 is 0 Å². The molecular weight excluding hydrogens is 431 g/mol. The van der Waals surface area contributed by atoms with Gasteiger partial charge in [0.2, 0.25) is 5.79 Å². The SMILES string of the molecule is C[C@]12C(CCC13OCCO3)C1CC(=O)[C@H]3CC4(CC[C@]3(C)C1C1(OCCO1)C2F)OCCO4. The molecule has 0 amide bonds. The van der Waals surface area contributed by atoms with Gasteiger partial charge in [-0.3, -0.25) is 4.79 Å². The average molecular weight is 467 g/mol. The standard InChI is InChI=1S/C25H35FO7/c1-21-5-6-23(28-7-8-29-23)14-17(21)18(27)13-15-16-3-4-24(30-9-10-31-24)22(16,2)20(26)25(19(15)21)32-11-12-33-25/h15-17,19-20H,3-14H2,1-2H3/t15?,16?,17-,19?,20?,21+,22-/m1/s1. The van der Waals surface area contributed by atoms with Gasteiger partial charge in [-0.15, -0.1) is 0 Å². The number of hydrogen-bond donors (Lipinski definition) is 0. The van der Waals surface area contributed by atoms with Crippen LogP contribution in [0.15, 0.2) is 0 Å². The molecule has 0 aromatic heterocycles. The van der Waals surface area contributed by atoms with Crippen LogP contribution in [-0.4, -0.2) is 69.0 Å². The molecule has 4 unspecified atom stereocenters. The van der Waals surface area contributed by atoms with Crippen LogP contribution in [0.25, 0.3) is 0 Å². The minimum absolute atomic E-state index is 0.0226. The molecule has 7 atom stereocenters. The Morgan fingerprint density at radius 2 is 1.48 bits per heavy atom. The van der Waals surface area contributed by atoms with Crippen molar-refractivity contribution >= 4 is 5.78 Å². The normalized spacial score (nSPS) is 51.2. The lowest BCUT2D eigenvalue weighted by molar-refractivity contribution is -0.369. The summed E-state index contributed by atoms with van der Waals surface area (Å²) in [5, 5.41) is 0. The zero-order chi connectivity index (χ0) is 22.7. The van der Waals surface area contributed by atoms with Crippen LogP contribution in [0, 0.1) is 34.5 Å². The third-order valence-electron chi connectivity index (χ3n) is 10.8. The number of ketones is 1. The highest BCUT2D eigenvalue weighted by Crippen LogP contribution is 2.73. The number of ether oxygens (including phenoxy) is 6. The molecule has 3 aliphatic heterocycles. The van der Waals surface area contributed by atoms with Crippen molar-refractivity contribution in [1.29, 1.82) is 0 Å². The fourth-order valence-electron chi connectivity index (χ4n) is 9.50. The molecule has 3 spiro atoms. The quantitative estimate of drug-likeness (QED) is 0.543. The van der Waals surface area contributed by atoms with Crippen molar-refractivity contribution in [2.45, 2.75) is 75.9 Å². The molecule has 0 aromatic rings. The van der Waals surface area contributed by atoms with Gasteiger partial charge in [-0.1, -0.05) is 13.8 Å². The van der Waals surface area contributed by atoms with Crippen LogP contribution in [0.1, 0.15) is 52.4 Å². The Hall–Kier alpha value is -0.640. The number of rotatable bonds is 0. The second kappa shape index (κ2) is 6.77. The highest BCUT2D eigenvalue weighted by Gasteiger charge is 2.80. The number of halogens is 1. The summed E-state index contributed by atoms with van der Waals surface area (Å²) in [5.74, 6) is -3.27. The predicted octanol–water partition coefficient (Wildman–Crippen LogP) is 3.00.